The van der Waals surface area contributed by atoms with Gasteiger partial charge in [0.25, 0.3) is 5.91 Å². The number of carbonyl (C=O) groups is 1. The molecule has 0 radical (unpaired) electrons. The van der Waals surface area contributed by atoms with Gasteiger partial charge in [0.15, 0.2) is 0 Å². The van der Waals surface area contributed by atoms with Gasteiger partial charge in [-0.15, -0.1) is 0 Å². The fourth-order valence-corrected chi connectivity index (χ4v) is 4.76. The number of sulfonamides is 1. The summed E-state index contributed by atoms with van der Waals surface area (Å²) in [5.74, 6) is -0.231. The maximum atomic E-state index is 13.1. The largest absolute Gasteiger partial charge is 0.369 e. The van der Waals surface area contributed by atoms with Gasteiger partial charge in [0, 0.05) is 44.0 Å². The summed E-state index contributed by atoms with van der Waals surface area (Å²) in [6.07, 6.45) is 0.828. The van der Waals surface area contributed by atoms with E-state index in [9.17, 15) is 13.2 Å². The van der Waals surface area contributed by atoms with E-state index in [0.29, 0.717) is 38.3 Å². The summed E-state index contributed by atoms with van der Waals surface area (Å²) >= 11 is 0. The molecule has 2 aromatic carbocycles. The third kappa shape index (κ3) is 4.36. The van der Waals surface area contributed by atoms with Crippen molar-refractivity contribution in [1.29, 1.82) is 0 Å². The molecular weight excluding hydrogens is 374 g/mol. The van der Waals surface area contributed by atoms with Gasteiger partial charge in [0.05, 0.1) is 4.90 Å². The fourth-order valence-electron chi connectivity index (χ4n) is 3.31. The van der Waals surface area contributed by atoms with Crippen LogP contribution in [-0.2, 0) is 10.0 Å². The number of nitrogens with one attached hydrogen (secondary N) is 1. The van der Waals surface area contributed by atoms with Crippen LogP contribution in [0.25, 0.3) is 0 Å². The van der Waals surface area contributed by atoms with Crippen molar-refractivity contribution in [3.8, 4) is 0 Å². The Labute approximate surface area is 167 Å². The quantitative estimate of drug-likeness (QED) is 0.808. The van der Waals surface area contributed by atoms with Crippen molar-refractivity contribution in [3.63, 3.8) is 0 Å². The minimum absolute atomic E-state index is 0.174. The van der Waals surface area contributed by atoms with E-state index in [4.69, 9.17) is 0 Å². The van der Waals surface area contributed by atoms with Crippen molar-refractivity contribution in [2.24, 2.45) is 0 Å². The zero-order valence-electron chi connectivity index (χ0n) is 16.4. The normalized spacial score (nSPS) is 15.4. The van der Waals surface area contributed by atoms with Gasteiger partial charge in [0.2, 0.25) is 10.0 Å². The Morgan fingerprint density at radius 2 is 1.71 bits per heavy atom. The van der Waals surface area contributed by atoms with Crippen LogP contribution in [0.2, 0.25) is 0 Å². The molecule has 0 spiro atoms. The van der Waals surface area contributed by atoms with E-state index in [0.717, 1.165) is 17.7 Å². The van der Waals surface area contributed by atoms with E-state index in [1.807, 2.05) is 44.2 Å². The molecule has 0 unspecified atom stereocenters. The predicted molar refractivity (Wildman–Crippen MR) is 111 cm³/mol. The standard InChI is InChI=1S/C21H27N3O3S/c1-3-11-22-21(25)20-16-19(10-9-17(20)2)28(26,27)24-14-12-23(13-15-24)18-7-5-4-6-8-18/h4-10,16H,3,11-15H2,1-2H3,(H,22,25). The van der Waals surface area contributed by atoms with Crippen LogP contribution >= 0.6 is 0 Å². The molecular formula is C21H27N3O3S. The Balaban J connectivity index is 1.75. The molecule has 1 saturated heterocycles. The first kappa shape index (κ1) is 20.4. The van der Waals surface area contributed by atoms with Crippen LogP contribution < -0.4 is 10.2 Å². The topological polar surface area (TPSA) is 69.7 Å². The summed E-state index contributed by atoms with van der Waals surface area (Å²) < 4.78 is 27.7. The lowest BCUT2D eigenvalue weighted by Gasteiger charge is -2.35. The van der Waals surface area contributed by atoms with Crippen LogP contribution in [0.1, 0.15) is 29.3 Å². The molecule has 1 fully saturated rings. The summed E-state index contributed by atoms with van der Waals surface area (Å²) in [6.45, 7) is 6.47. The molecule has 2 aromatic rings. The van der Waals surface area contributed by atoms with Crippen molar-refractivity contribution in [2.45, 2.75) is 25.2 Å². The molecule has 1 aliphatic heterocycles. The van der Waals surface area contributed by atoms with Gasteiger partial charge in [-0.2, -0.15) is 4.31 Å². The molecule has 1 heterocycles. The first-order valence-corrected chi connectivity index (χ1v) is 11.1. The minimum Gasteiger partial charge on any atom is -0.369 e. The number of piperazine rings is 1. The maximum Gasteiger partial charge on any atom is 0.251 e. The van der Waals surface area contributed by atoms with Gasteiger partial charge in [-0.05, 0) is 43.2 Å². The maximum absolute atomic E-state index is 13.1. The van der Waals surface area contributed by atoms with Crippen molar-refractivity contribution in [3.05, 3.63) is 59.7 Å². The lowest BCUT2D eigenvalue weighted by atomic mass is 10.1. The molecule has 0 saturated carbocycles. The summed E-state index contributed by atoms with van der Waals surface area (Å²) in [6, 6.07) is 14.8. The molecule has 0 atom stereocenters. The molecule has 1 aliphatic rings. The predicted octanol–water partition coefficient (Wildman–Crippen LogP) is 2.65. The number of nitrogens with zero attached hydrogens (tertiary/aromatic N) is 2. The van der Waals surface area contributed by atoms with Crippen molar-refractivity contribution < 1.29 is 13.2 Å². The highest BCUT2D eigenvalue weighted by Gasteiger charge is 2.29. The molecule has 0 aromatic heterocycles. The van der Waals surface area contributed by atoms with Gasteiger partial charge >= 0.3 is 0 Å². The Bertz CT molecular complexity index is 921. The highest BCUT2D eigenvalue weighted by Crippen LogP contribution is 2.23. The third-order valence-corrected chi connectivity index (χ3v) is 6.88. The number of benzene rings is 2. The molecule has 7 heteroatoms. The molecule has 1 amide bonds. The Morgan fingerprint density at radius 1 is 1.04 bits per heavy atom. The number of amides is 1. The fraction of sp³-hybridized carbons (Fsp3) is 0.381. The highest BCUT2D eigenvalue weighted by atomic mass is 32.2. The lowest BCUT2D eigenvalue weighted by Crippen LogP contribution is -2.48. The van der Waals surface area contributed by atoms with Crippen molar-refractivity contribution in [1.82, 2.24) is 9.62 Å². The van der Waals surface area contributed by atoms with Crippen LogP contribution in [0.15, 0.2) is 53.4 Å². The zero-order valence-corrected chi connectivity index (χ0v) is 17.2. The molecule has 3 rings (SSSR count). The number of anilines is 1. The third-order valence-electron chi connectivity index (χ3n) is 4.99. The van der Waals surface area contributed by atoms with E-state index in [1.54, 1.807) is 12.1 Å². The average molecular weight is 402 g/mol. The number of aryl methyl sites for hydroxylation is 1. The van der Waals surface area contributed by atoms with Crippen molar-refractivity contribution >= 4 is 21.6 Å². The van der Waals surface area contributed by atoms with Crippen LogP contribution in [0, 0.1) is 6.92 Å². The summed E-state index contributed by atoms with van der Waals surface area (Å²) in [5, 5.41) is 2.82. The monoisotopic (exact) mass is 401 g/mol. The summed E-state index contributed by atoms with van der Waals surface area (Å²) in [5.41, 5.74) is 2.28. The van der Waals surface area contributed by atoms with Crippen LogP contribution in [0.4, 0.5) is 5.69 Å². The second-order valence-electron chi connectivity index (χ2n) is 6.96. The van der Waals surface area contributed by atoms with E-state index in [-0.39, 0.29) is 10.8 Å². The van der Waals surface area contributed by atoms with Crippen molar-refractivity contribution in [2.75, 3.05) is 37.6 Å². The number of para-hydroxylation sites is 1. The summed E-state index contributed by atoms with van der Waals surface area (Å²) in [7, 11) is -3.63. The molecule has 150 valence electrons. The molecule has 0 bridgehead atoms. The Kier molecular flexibility index (Phi) is 6.36. The number of hydrogen-bond acceptors (Lipinski definition) is 4. The van der Waals surface area contributed by atoms with E-state index in [2.05, 4.69) is 10.2 Å². The number of hydrogen-bond donors (Lipinski definition) is 1. The second kappa shape index (κ2) is 8.75. The van der Waals surface area contributed by atoms with Gasteiger partial charge in [0.1, 0.15) is 0 Å². The number of rotatable bonds is 6. The number of carbonyl (C=O) groups excluding carboxylic acids is 1. The van der Waals surface area contributed by atoms with Crippen LogP contribution in [0.5, 0.6) is 0 Å². The first-order valence-electron chi connectivity index (χ1n) is 9.62. The van der Waals surface area contributed by atoms with Crippen LogP contribution in [0.3, 0.4) is 0 Å². The Morgan fingerprint density at radius 3 is 2.36 bits per heavy atom. The van der Waals surface area contributed by atoms with Gasteiger partial charge in [-0.3, -0.25) is 4.79 Å². The Hall–Kier alpha value is -2.38. The van der Waals surface area contributed by atoms with Crippen LogP contribution in [-0.4, -0.2) is 51.4 Å². The van der Waals surface area contributed by atoms with E-state index < -0.39 is 10.0 Å². The average Bonchev–Trinajstić information content (AvgIpc) is 2.73. The lowest BCUT2D eigenvalue weighted by molar-refractivity contribution is 0.0953. The molecule has 28 heavy (non-hydrogen) atoms. The smallest absolute Gasteiger partial charge is 0.251 e. The van der Waals surface area contributed by atoms with Gasteiger partial charge < -0.3 is 10.2 Å². The summed E-state index contributed by atoms with van der Waals surface area (Å²) in [4.78, 5) is 14.7. The van der Waals surface area contributed by atoms with Gasteiger partial charge in [-0.25, -0.2) is 8.42 Å². The molecule has 6 nitrogen and oxygen atoms in total. The minimum atomic E-state index is -3.63. The van der Waals surface area contributed by atoms with Gasteiger partial charge in [-0.1, -0.05) is 31.2 Å². The molecule has 1 N–H and O–H groups in total. The van der Waals surface area contributed by atoms with E-state index >= 15 is 0 Å². The molecule has 0 aliphatic carbocycles. The first-order chi connectivity index (χ1) is 13.4. The highest BCUT2D eigenvalue weighted by molar-refractivity contribution is 7.89. The second-order valence-corrected chi connectivity index (χ2v) is 8.90. The SMILES string of the molecule is CCCNC(=O)c1cc(S(=O)(=O)N2CCN(c3ccccc3)CC2)ccc1C. The zero-order chi connectivity index (χ0) is 20.1. The van der Waals surface area contributed by atoms with E-state index in [1.165, 1.54) is 10.4 Å².